The third-order valence-corrected chi connectivity index (χ3v) is 7.94. The lowest BCUT2D eigenvalue weighted by Gasteiger charge is -2.29. The second-order valence-electron chi connectivity index (χ2n) is 11.1. The van der Waals surface area contributed by atoms with Gasteiger partial charge in [0.05, 0.1) is 23.8 Å². The molecule has 0 unspecified atom stereocenters. The van der Waals surface area contributed by atoms with E-state index in [1.165, 1.54) is 12.5 Å². The number of hydrogen-bond donors (Lipinski definition) is 2. The molecule has 2 rings (SSSR count). The van der Waals surface area contributed by atoms with E-state index in [-0.39, 0.29) is 23.4 Å². The minimum absolute atomic E-state index is 0.0200. The predicted octanol–water partition coefficient (Wildman–Crippen LogP) is 4.59. The molecule has 0 bridgehead atoms. The third kappa shape index (κ3) is 18.2. The molecule has 1 heterocycles. The van der Waals surface area contributed by atoms with Gasteiger partial charge in [0.15, 0.2) is 0 Å². The molecule has 2 amide bonds. The fourth-order valence-corrected chi connectivity index (χ4v) is 4.79. The summed E-state index contributed by atoms with van der Waals surface area (Å²) in [4.78, 5) is 59.8. The van der Waals surface area contributed by atoms with Crippen LogP contribution in [-0.4, -0.2) is 90.5 Å². The van der Waals surface area contributed by atoms with Gasteiger partial charge in [-0.1, -0.05) is 43.2 Å². The molecular weight excluding hydrogens is 599 g/mol. The van der Waals surface area contributed by atoms with Gasteiger partial charge in [-0.15, -0.1) is 0 Å². The fraction of sp³-hybridized carbons (Fsp3) is 0.636. The van der Waals surface area contributed by atoms with Crippen LogP contribution >= 0.6 is 24.0 Å². The molecule has 248 valence electrons. The Morgan fingerprint density at radius 3 is 2.20 bits per heavy atom. The standard InChI is InChI=1S/C18H27N3O2.C12H20O3S.C3H6OS/c1-18(2,19-3)17(23)20-15(13-14-9-5-4-6-10-14)16(22)21-11-7-8-12-21;1-10(14)11(8-13)6-4-3-5-7-12(15)9-16-2;1-2-4-3-5/h4-6,9-10,15,19H,7-8,11-13H2,1-3H3,(H,20,23);8,11H,3-7,9H2,1-2H3;3H,2H2,1H3/t15-;11-;/m00./s1. The van der Waals surface area contributed by atoms with Crippen molar-refractivity contribution in [3.05, 3.63) is 35.9 Å². The maximum absolute atomic E-state index is 12.8. The monoisotopic (exact) mass is 651 g/mol. The van der Waals surface area contributed by atoms with Gasteiger partial charge in [0, 0.05) is 25.9 Å². The van der Waals surface area contributed by atoms with E-state index in [2.05, 4.69) is 27.6 Å². The molecule has 1 aromatic rings. The Kier molecular flexibility index (Phi) is 23.2. The molecule has 2 N–H and O–H groups in total. The first-order chi connectivity index (χ1) is 21.0. The first-order valence-electron chi connectivity index (χ1n) is 15.3. The summed E-state index contributed by atoms with van der Waals surface area (Å²) in [6, 6.07) is 9.30. The summed E-state index contributed by atoms with van der Waals surface area (Å²) in [6.45, 7) is 9.21. The Morgan fingerprint density at radius 1 is 1.09 bits per heavy atom. The largest absolute Gasteiger partial charge is 0.490 e. The van der Waals surface area contributed by atoms with Gasteiger partial charge >= 0.3 is 0 Å². The van der Waals surface area contributed by atoms with Crippen LogP contribution in [0, 0.1) is 5.92 Å². The number of nitrogens with zero attached hydrogens (tertiary/aromatic N) is 1. The molecule has 0 aromatic heterocycles. The number of thiocarbonyl (C=S) groups is 1. The van der Waals surface area contributed by atoms with E-state index >= 15 is 0 Å². The highest BCUT2D eigenvalue weighted by Crippen LogP contribution is 2.14. The van der Waals surface area contributed by atoms with Gasteiger partial charge in [-0.05, 0) is 84.5 Å². The first-order valence-corrected chi connectivity index (χ1v) is 17.2. The highest BCUT2D eigenvalue weighted by Gasteiger charge is 2.32. The Hall–Kier alpha value is -2.63. The molecule has 1 aliphatic heterocycles. The smallest absolute Gasteiger partial charge is 0.245 e. The highest BCUT2D eigenvalue weighted by molar-refractivity contribution is 7.99. The van der Waals surface area contributed by atoms with Gasteiger partial charge in [-0.2, -0.15) is 11.8 Å². The van der Waals surface area contributed by atoms with Crippen molar-refractivity contribution < 1.29 is 28.7 Å². The van der Waals surface area contributed by atoms with E-state index < -0.39 is 17.5 Å². The van der Waals surface area contributed by atoms with Crippen LogP contribution in [0.5, 0.6) is 0 Å². The fourth-order valence-electron chi connectivity index (χ4n) is 4.19. The summed E-state index contributed by atoms with van der Waals surface area (Å²) < 4.78 is 4.52. The van der Waals surface area contributed by atoms with Crippen molar-refractivity contribution in [3.8, 4) is 0 Å². The van der Waals surface area contributed by atoms with Gasteiger partial charge in [-0.3, -0.25) is 19.2 Å². The van der Waals surface area contributed by atoms with Crippen LogP contribution in [0.3, 0.4) is 0 Å². The number of likely N-dealkylation sites (tertiary alicyclic amines) is 1. The molecule has 2 atom stereocenters. The molecule has 0 spiro atoms. The van der Waals surface area contributed by atoms with E-state index in [0.717, 1.165) is 57.0 Å². The molecule has 0 aliphatic carbocycles. The lowest BCUT2D eigenvalue weighted by Crippen LogP contribution is -2.57. The quantitative estimate of drug-likeness (QED) is 0.102. The Bertz CT molecular complexity index is 1000. The number of Topliss-reactive ketones (excluding diaryl/α,β-unsaturated/α-hetero) is 2. The van der Waals surface area contributed by atoms with Crippen molar-refractivity contribution in [2.75, 3.05) is 38.8 Å². The summed E-state index contributed by atoms with van der Waals surface area (Å²) in [5, 5.41) is 5.92. The van der Waals surface area contributed by atoms with Crippen molar-refractivity contribution in [2.24, 2.45) is 5.92 Å². The number of carbonyl (C=O) groups is 5. The molecule has 0 saturated carbocycles. The second kappa shape index (κ2) is 24.7. The summed E-state index contributed by atoms with van der Waals surface area (Å²) in [6.07, 6.45) is 9.10. The normalized spacial score (nSPS) is 13.6. The predicted molar refractivity (Wildman–Crippen MR) is 183 cm³/mol. The maximum atomic E-state index is 12.8. The zero-order valence-electron chi connectivity index (χ0n) is 27.4. The summed E-state index contributed by atoms with van der Waals surface area (Å²) in [5.41, 5.74) is 1.60. The van der Waals surface area contributed by atoms with Crippen molar-refractivity contribution in [1.82, 2.24) is 15.5 Å². The lowest BCUT2D eigenvalue weighted by atomic mass is 9.98. The average Bonchev–Trinajstić information content (AvgIpc) is 3.55. The maximum Gasteiger partial charge on any atom is 0.245 e. The van der Waals surface area contributed by atoms with Gasteiger partial charge in [0.2, 0.25) is 11.8 Å². The van der Waals surface area contributed by atoms with E-state index in [4.69, 9.17) is 0 Å². The van der Waals surface area contributed by atoms with Gasteiger partial charge < -0.3 is 25.1 Å². The molecule has 1 aliphatic rings. The van der Waals surface area contributed by atoms with Crippen molar-refractivity contribution >= 4 is 59.2 Å². The molecule has 1 saturated heterocycles. The number of amides is 2. The Labute approximate surface area is 274 Å². The number of aldehydes is 1. The van der Waals surface area contributed by atoms with Crippen molar-refractivity contribution in [2.45, 2.75) is 90.6 Å². The summed E-state index contributed by atoms with van der Waals surface area (Å²) in [5.74, 6) is 0.228. The van der Waals surface area contributed by atoms with E-state index in [1.807, 2.05) is 62.3 Å². The number of ketones is 2. The average molecular weight is 652 g/mol. The van der Waals surface area contributed by atoms with Crippen LogP contribution in [0.2, 0.25) is 0 Å². The number of carbonyl (C=O) groups excluding carboxylic acids is 5. The van der Waals surface area contributed by atoms with Gasteiger partial charge in [-0.25, -0.2) is 0 Å². The highest BCUT2D eigenvalue weighted by atomic mass is 32.2. The number of unbranched alkanes of at least 4 members (excludes halogenated alkanes) is 2. The first kappa shape index (κ1) is 41.4. The van der Waals surface area contributed by atoms with Crippen LogP contribution in [0.1, 0.15) is 78.2 Å². The molecule has 44 heavy (non-hydrogen) atoms. The Balaban J connectivity index is 0.000000766. The number of ether oxygens (including phenoxy) is 1. The summed E-state index contributed by atoms with van der Waals surface area (Å²) in [7, 11) is 1.74. The number of nitrogens with one attached hydrogen (secondary N) is 2. The van der Waals surface area contributed by atoms with Crippen LogP contribution in [0.4, 0.5) is 0 Å². The number of likely N-dealkylation sites (N-methyl/N-ethyl adjacent to an activating group) is 1. The van der Waals surface area contributed by atoms with Gasteiger partial charge in [0.25, 0.3) is 0 Å². The van der Waals surface area contributed by atoms with Crippen LogP contribution < -0.4 is 10.6 Å². The zero-order chi connectivity index (χ0) is 33.4. The number of rotatable bonds is 18. The van der Waals surface area contributed by atoms with E-state index in [1.54, 1.807) is 18.8 Å². The van der Waals surface area contributed by atoms with Crippen LogP contribution in [-0.2, 0) is 35.1 Å². The zero-order valence-corrected chi connectivity index (χ0v) is 29.0. The Morgan fingerprint density at radius 2 is 1.73 bits per heavy atom. The number of hydrogen-bond acceptors (Lipinski definition) is 9. The molecule has 9 nitrogen and oxygen atoms in total. The number of thioether (sulfide) groups is 1. The lowest BCUT2D eigenvalue weighted by molar-refractivity contribution is -0.137. The number of benzene rings is 1. The van der Waals surface area contributed by atoms with Crippen molar-refractivity contribution in [3.63, 3.8) is 0 Å². The van der Waals surface area contributed by atoms with Crippen LogP contribution in [0.25, 0.3) is 0 Å². The topological polar surface area (TPSA) is 122 Å². The molecule has 0 radical (unpaired) electrons. The molecule has 1 aromatic carbocycles. The van der Waals surface area contributed by atoms with Gasteiger partial charge in [0.1, 0.15) is 29.4 Å². The minimum Gasteiger partial charge on any atom is -0.490 e. The van der Waals surface area contributed by atoms with E-state index in [9.17, 15) is 24.0 Å². The van der Waals surface area contributed by atoms with Crippen molar-refractivity contribution in [1.29, 1.82) is 0 Å². The third-order valence-electron chi connectivity index (χ3n) is 7.19. The summed E-state index contributed by atoms with van der Waals surface area (Å²) >= 11 is 5.85. The van der Waals surface area contributed by atoms with Crippen LogP contribution in [0.15, 0.2) is 30.3 Å². The molecule has 1 fully saturated rings. The minimum atomic E-state index is -0.708. The second-order valence-corrected chi connectivity index (χ2v) is 12.2. The SMILES string of the molecule is CCOC=S.CNC(C)(C)C(=O)N[C@@H](Cc1ccccc1)C(=O)N1CCCC1.CSCC(=O)CCCCC[C@@H](C=O)C(C)=O. The van der Waals surface area contributed by atoms with E-state index in [0.29, 0.717) is 31.6 Å². The molecule has 11 heteroatoms. The molecular formula is C33H53N3O6S2.